The number of hydrogen-bond donors (Lipinski definition) is 3. The monoisotopic (exact) mass is 473 g/mol. The standard InChI is InChI=1S/C26H31N7O2/c1-5-27-22(33-15-18(34)14-21(33)16-9-7-6-8-10-16)23-30-25(31-32(23)4)28-17-11-12-19-20(13-17)29-24(35)26(19,2)3/h6-13,18,21,34H,5,14-15H2,1-4H3,(H,28,31)(H,29,35). The van der Waals surface area contributed by atoms with Gasteiger partial charge in [-0.25, -0.2) is 4.68 Å². The van der Waals surface area contributed by atoms with E-state index in [-0.39, 0.29) is 11.9 Å². The summed E-state index contributed by atoms with van der Waals surface area (Å²) in [5.74, 6) is 1.76. The Labute approximate surface area is 204 Å². The van der Waals surface area contributed by atoms with Crippen LogP contribution in [0.4, 0.5) is 17.3 Å². The van der Waals surface area contributed by atoms with Crippen LogP contribution in [-0.2, 0) is 17.3 Å². The van der Waals surface area contributed by atoms with Crippen molar-refractivity contribution in [2.75, 3.05) is 23.7 Å². The molecule has 2 aromatic carbocycles. The Morgan fingerprint density at radius 1 is 1.26 bits per heavy atom. The van der Waals surface area contributed by atoms with Gasteiger partial charge in [0.1, 0.15) is 0 Å². The summed E-state index contributed by atoms with van der Waals surface area (Å²) in [6.07, 6.45) is 0.186. The number of amidine groups is 1. The van der Waals surface area contributed by atoms with E-state index in [2.05, 4.69) is 32.8 Å². The van der Waals surface area contributed by atoms with E-state index in [0.717, 1.165) is 22.5 Å². The van der Waals surface area contributed by atoms with Crippen LogP contribution < -0.4 is 10.6 Å². The Morgan fingerprint density at radius 2 is 2.03 bits per heavy atom. The molecule has 2 unspecified atom stereocenters. The van der Waals surface area contributed by atoms with Crippen LogP contribution in [0.1, 0.15) is 50.2 Å². The number of aryl methyl sites for hydroxylation is 1. The molecule has 1 saturated heterocycles. The number of β-amino-alcohol motifs (C(OH)–C–C–N with tert-alkyl or cyclic N) is 1. The number of amides is 1. The number of anilines is 3. The van der Waals surface area contributed by atoms with Gasteiger partial charge in [-0.3, -0.25) is 9.79 Å². The first-order valence-electron chi connectivity index (χ1n) is 12.0. The maximum absolute atomic E-state index is 12.3. The van der Waals surface area contributed by atoms with E-state index < -0.39 is 11.5 Å². The Kier molecular flexibility index (Phi) is 5.80. The highest BCUT2D eigenvalue weighted by atomic mass is 16.3. The highest BCUT2D eigenvalue weighted by Gasteiger charge is 2.38. The lowest BCUT2D eigenvalue weighted by atomic mass is 9.86. The van der Waals surface area contributed by atoms with E-state index in [9.17, 15) is 9.90 Å². The van der Waals surface area contributed by atoms with Gasteiger partial charge in [-0.2, -0.15) is 4.98 Å². The summed E-state index contributed by atoms with van der Waals surface area (Å²) in [6, 6.07) is 16.0. The van der Waals surface area contributed by atoms with Gasteiger partial charge < -0.3 is 20.6 Å². The fourth-order valence-electron chi connectivity index (χ4n) is 4.91. The molecule has 2 aliphatic heterocycles. The first-order valence-corrected chi connectivity index (χ1v) is 12.0. The molecule has 35 heavy (non-hydrogen) atoms. The van der Waals surface area contributed by atoms with Crippen LogP contribution in [0.5, 0.6) is 0 Å². The van der Waals surface area contributed by atoms with E-state index in [0.29, 0.717) is 37.1 Å². The molecular weight excluding hydrogens is 442 g/mol. The molecule has 2 aliphatic rings. The second-order valence-corrected chi connectivity index (χ2v) is 9.61. The second-order valence-electron chi connectivity index (χ2n) is 9.61. The van der Waals surface area contributed by atoms with E-state index in [4.69, 9.17) is 9.98 Å². The predicted molar refractivity (Wildman–Crippen MR) is 136 cm³/mol. The third-order valence-electron chi connectivity index (χ3n) is 6.77. The van der Waals surface area contributed by atoms with Crippen LogP contribution in [-0.4, -0.2) is 55.7 Å². The summed E-state index contributed by atoms with van der Waals surface area (Å²) < 4.78 is 1.71. The fourth-order valence-corrected chi connectivity index (χ4v) is 4.91. The first kappa shape index (κ1) is 23.0. The Hall–Kier alpha value is -3.72. The van der Waals surface area contributed by atoms with Crippen LogP contribution >= 0.6 is 0 Å². The molecule has 3 aromatic rings. The molecule has 0 bridgehead atoms. The average Bonchev–Trinajstić information content (AvgIpc) is 3.46. The van der Waals surface area contributed by atoms with Crippen molar-refractivity contribution in [3.8, 4) is 0 Å². The number of nitrogens with one attached hydrogen (secondary N) is 2. The Balaban J connectivity index is 1.43. The van der Waals surface area contributed by atoms with Crippen molar-refractivity contribution in [2.45, 2.75) is 44.8 Å². The Bertz CT molecular complexity index is 1280. The van der Waals surface area contributed by atoms with Crippen LogP contribution in [0, 0.1) is 0 Å². The number of aromatic nitrogens is 3. The zero-order chi connectivity index (χ0) is 24.7. The van der Waals surface area contributed by atoms with E-state index >= 15 is 0 Å². The number of rotatable bonds is 5. The Morgan fingerprint density at radius 3 is 2.77 bits per heavy atom. The molecule has 3 heterocycles. The number of aliphatic hydroxyl groups is 1. The number of aliphatic imine (C=N–C) groups is 1. The largest absolute Gasteiger partial charge is 0.391 e. The van der Waals surface area contributed by atoms with E-state index in [1.807, 2.05) is 64.2 Å². The summed E-state index contributed by atoms with van der Waals surface area (Å²) in [4.78, 5) is 23.9. The molecule has 9 heteroatoms. The smallest absolute Gasteiger partial charge is 0.247 e. The third-order valence-corrected chi connectivity index (χ3v) is 6.77. The third kappa shape index (κ3) is 4.16. The number of aliphatic hydroxyl groups excluding tert-OH is 1. The molecule has 182 valence electrons. The topological polar surface area (TPSA) is 108 Å². The molecule has 1 fully saturated rings. The van der Waals surface area contributed by atoms with Crippen molar-refractivity contribution in [1.82, 2.24) is 19.7 Å². The average molecular weight is 474 g/mol. The number of fused-ring (bicyclic) bond motifs is 1. The predicted octanol–water partition coefficient (Wildman–Crippen LogP) is 3.36. The molecule has 1 amide bonds. The lowest BCUT2D eigenvalue weighted by Crippen LogP contribution is -2.34. The number of likely N-dealkylation sites (tertiary alicyclic amines) is 1. The van der Waals surface area contributed by atoms with Gasteiger partial charge in [-0.1, -0.05) is 36.4 Å². The van der Waals surface area contributed by atoms with Crippen LogP contribution in [0.2, 0.25) is 0 Å². The number of carbonyl (C=O) groups is 1. The molecule has 0 aliphatic carbocycles. The minimum Gasteiger partial charge on any atom is -0.391 e. The summed E-state index contributed by atoms with van der Waals surface area (Å²) in [6.45, 7) is 6.88. The SMILES string of the molecule is CCN=C(c1nc(Nc2ccc3c(c2)NC(=O)C3(C)C)nn1C)N1CC(O)CC1c1ccccc1. The second kappa shape index (κ2) is 8.81. The summed E-state index contributed by atoms with van der Waals surface area (Å²) in [7, 11) is 1.84. The summed E-state index contributed by atoms with van der Waals surface area (Å²) in [5.41, 5.74) is 3.14. The molecule has 0 saturated carbocycles. The molecule has 1 aromatic heterocycles. The normalized spacial score (nSPS) is 21.2. The number of carbonyl (C=O) groups excluding carboxylic acids is 1. The van der Waals surface area contributed by atoms with Gasteiger partial charge in [-0.05, 0) is 50.5 Å². The van der Waals surface area contributed by atoms with E-state index in [1.54, 1.807) is 4.68 Å². The highest BCUT2D eigenvalue weighted by Crippen LogP contribution is 2.39. The van der Waals surface area contributed by atoms with Crippen molar-refractivity contribution in [2.24, 2.45) is 12.0 Å². The molecule has 2 atom stereocenters. The van der Waals surface area contributed by atoms with Gasteiger partial charge >= 0.3 is 0 Å². The van der Waals surface area contributed by atoms with Crippen molar-refractivity contribution in [3.63, 3.8) is 0 Å². The molecule has 5 rings (SSSR count). The molecule has 0 spiro atoms. The molecule has 3 N–H and O–H groups in total. The number of hydrogen-bond acceptors (Lipinski definition) is 6. The maximum atomic E-state index is 12.3. The first-order chi connectivity index (χ1) is 16.8. The van der Waals surface area contributed by atoms with Gasteiger partial charge in [0, 0.05) is 31.5 Å². The number of nitrogens with zero attached hydrogens (tertiary/aromatic N) is 5. The molecule has 0 radical (unpaired) electrons. The van der Waals surface area contributed by atoms with Crippen LogP contribution in [0.25, 0.3) is 0 Å². The zero-order valence-corrected chi connectivity index (χ0v) is 20.5. The lowest BCUT2D eigenvalue weighted by molar-refractivity contribution is -0.119. The van der Waals surface area contributed by atoms with Crippen molar-refractivity contribution in [1.29, 1.82) is 0 Å². The van der Waals surface area contributed by atoms with Crippen molar-refractivity contribution in [3.05, 3.63) is 65.5 Å². The van der Waals surface area contributed by atoms with Crippen molar-refractivity contribution >= 4 is 29.1 Å². The minimum atomic E-state index is -0.550. The summed E-state index contributed by atoms with van der Waals surface area (Å²) in [5, 5.41) is 21.3. The van der Waals surface area contributed by atoms with Gasteiger partial charge in [-0.15, -0.1) is 5.10 Å². The van der Waals surface area contributed by atoms with Crippen molar-refractivity contribution < 1.29 is 9.90 Å². The quantitative estimate of drug-likeness (QED) is 0.387. The minimum absolute atomic E-state index is 0.00767. The molecule has 9 nitrogen and oxygen atoms in total. The van der Waals surface area contributed by atoms with Gasteiger partial charge in [0.25, 0.3) is 0 Å². The maximum Gasteiger partial charge on any atom is 0.247 e. The van der Waals surface area contributed by atoms with Gasteiger partial charge in [0.05, 0.1) is 17.6 Å². The van der Waals surface area contributed by atoms with E-state index in [1.165, 1.54) is 0 Å². The molecular formula is C26H31N7O2. The van der Waals surface area contributed by atoms with Gasteiger partial charge in [0.2, 0.25) is 11.9 Å². The van der Waals surface area contributed by atoms with Crippen LogP contribution in [0.15, 0.2) is 53.5 Å². The van der Waals surface area contributed by atoms with Gasteiger partial charge in [0.15, 0.2) is 11.7 Å². The highest BCUT2D eigenvalue weighted by molar-refractivity contribution is 6.06. The summed E-state index contributed by atoms with van der Waals surface area (Å²) >= 11 is 0. The lowest BCUT2D eigenvalue weighted by Gasteiger charge is -2.27. The fraction of sp³-hybridized carbons (Fsp3) is 0.385. The van der Waals surface area contributed by atoms with Crippen LogP contribution in [0.3, 0.4) is 0 Å². The zero-order valence-electron chi connectivity index (χ0n) is 20.5. The number of benzene rings is 2.